The molecule has 0 saturated heterocycles. The Morgan fingerprint density at radius 1 is 1.24 bits per heavy atom. The lowest BCUT2D eigenvalue weighted by Gasteiger charge is -2.44. The first-order chi connectivity index (χ1) is 9.78. The van der Waals surface area contributed by atoms with E-state index < -0.39 is 5.60 Å². The summed E-state index contributed by atoms with van der Waals surface area (Å²) in [4.78, 5) is 12.0. The first-order valence-corrected chi connectivity index (χ1v) is 8.53. The highest BCUT2D eigenvalue weighted by atomic mass is 16.6. The topological polar surface area (TPSA) is 50.4 Å². The van der Waals surface area contributed by atoms with Crippen LogP contribution in [0.15, 0.2) is 0 Å². The molecule has 0 aromatic carbocycles. The van der Waals surface area contributed by atoms with Gasteiger partial charge >= 0.3 is 6.09 Å². The van der Waals surface area contributed by atoms with Crippen LogP contribution in [-0.4, -0.2) is 29.8 Å². The molecule has 2 aliphatic rings. The van der Waals surface area contributed by atoms with Gasteiger partial charge in [-0.3, -0.25) is 0 Å². The Morgan fingerprint density at radius 2 is 1.95 bits per heavy atom. The molecule has 4 nitrogen and oxygen atoms in total. The summed E-state index contributed by atoms with van der Waals surface area (Å²) in [6, 6.07) is 0.617. The third-order valence-electron chi connectivity index (χ3n) is 4.74. The Bertz CT molecular complexity index is 358. The summed E-state index contributed by atoms with van der Waals surface area (Å²) >= 11 is 0. The minimum Gasteiger partial charge on any atom is -0.444 e. The van der Waals surface area contributed by atoms with Gasteiger partial charge in [0.2, 0.25) is 0 Å². The molecule has 1 amide bonds. The number of carbonyl (C=O) groups is 1. The predicted molar refractivity (Wildman–Crippen MR) is 85.4 cm³/mol. The van der Waals surface area contributed by atoms with Crippen molar-refractivity contribution in [1.29, 1.82) is 0 Å². The summed E-state index contributed by atoms with van der Waals surface area (Å²) in [6.07, 6.45) is 8.25. The van der Waals surface area contributed by atoms with Crippen LogP contribution >= 0.6 is 0 Å². The van der Waals surface area contributed by atoms with Crippen molar-refractivity contribution in [3.05, 3.63) is 0 Å². The summed E-state index contributed by atoms with van der Waals surface area (Å²) in [7, 11) is 0. The zero-order chi connectivity index (χ0) is 15.5. The normalized spacial score (nSPS) is 28.6. The number of rotatable bonds is 4. The molecule has 2 atom stereocenters. The maximum absolute atomic E-state index is 12.0. The van der Waals surface area contributed by atoms with Gasteiger partial charge in [-0.15, -0.1) is 0 Å². The third-order valence-corrected chi connectivity index (χ3v) is 4.74. The van der Waals surface area contributed by atoms with Crippen LogP contribution in [0.3, 0.4) is 0 Å². The molecule has 0 radical (unpaired) electrons. The zero-order valence-electron chi connectivity index (χ0n) is 14.1. The Kier molecular flexibility index (Phi) is 5.18. The second-order valence-corrected chi connectivity index (χ2v) is 8.11. The van der Waals surface area contributed by atoms with Crippen molar-refractivity contribution >= 4 is 6.09 Å². The lowest BCUT2D eigenvalue weighted by Crippen LogP contribution is -2.61. The van der Waals surface area contributed by atoms with Gasteiger partial charge in [0, 0.05) is 12.6 Å². The number of hydrogen-bond donors (Lipinski definition) is 2. The molecule has 0 aliphatic heterocycles. The first-order valence-electron chi connectivity index (χ1n) is 8.53. The monoisotopic (exact) mass is 296 g/mol. The van der Waals surface area contributed by atoms with E-state index in [4.69, 9.17) is 4.74 Å². The average molecular weight is 296 g/mol. The van der Waals surface area contributed by atoms with E-state index in [-0.39, 0.29) is 11.6 Å². The molecule has 0 aromatic heterocycles. The van der Waals surface area contributed by atoms with Crippen molar-refractivity contribution in [3.8, 4) is 0 Å². The van der Waals surface area contributed by atoms with Gasteiger partial charge < -0.3 is 15.4 Å². The largest absolute Gasteiger partial charge is 0.444 e. The fraction of sp³-hybridized carbons (Fsp3) is 0.941. The molecule has 4 heteroatoms. The van der Waals surface area contributed by atoms with Gasteiger partial charge in [0.25, 0.3) is 0 Å². The molecule has 2 fully saturated rings. The molecular formula is C17H32N2O2. The van der Waals surface area contributed by atoms with Gasteiger partial charge in [0.1, 0.15) is 5.60 Å². The average Bonchev–Trinajstić information content (AvgIpc) is 2.30. The van der Waals surface area contributed by atoms with Gasteiger partial charge in [-0.25, -0.2) is 4.79 Å². The van der Waals surface area contributed by atoms with E-state index in [1.165, 1.54) is 32.1 Å². The fourth-order valence-corrected chi connectivity index (χ4v) is 3.43. The van der Waals surface area contributed by atoms with E-state index in [1.54, 1.807) is 0 Å². The Balaban J connectivity index is 1.79. The van der Waals surface area contributed by atoms with E-state index in [1.807, 2.05) is 20.8 Å². The third kappa shape index (κ3) is 5.17. The number of amides is 1. The molecule has 0 heterocycles. The molecule has 0 spiro atoms. The molecule has 2 rings (SSSR count). The number of ether oxygens (including phenoxy) is 1. The molecule has 2 N–H and O–H groups in total. The number of hydrogen-bond acceptors (Lipinski definition) is 3. The van der Waals surface area contributed by atoms with Crippen LogP contribution in [0.2, 0.25) is 0 Å². The smallest absolute Gasteiger partial charge is 0.408 e. The van der Waals surface area contributed by atoms with Crippen LogP contribution in [0.25, 0.3) is 0 Å². The summed E-state index contributed by atoms with van der Waals surface area (Å²) in [5, 5.41) is 6.81. The van der Waals surface area contributed by atoms with Crippen molar-refractivity contribution in [2.24, 2.45) is 5.92 Å². The summed E-state index contributed by atoms with van der Waals surface area (Å²) in [5.74, 6) is 0.826. The molecule has 2 saturated carbocycles. The van der Waals surface area contributed by atoms with E-state index in [2.05, 4.69) is 17.6 Å². The zero-order valence-corrected chi connectivity index (χ0v) is 14.1. The highest BCUT2D eigenvalue weighted by molar-refractivity contribution is 5.69. The van der Waals surface area contributed by atoms with Crippen LogP contribution in [-0.2, 0) is 4.74 Å². The summed E-state index contributed by atoms with van der Waals surface area (Å²) in [5.41, 5.74) is -0.510. The SMILES string of the molecule is CC1CCCC(NCC2(NC(=O)OC(C)(C)C)CCC2)C1. The Labute approximate surface area is 129 Å². The Hall–Kier alpha value is -0.770. The lowest BCUT2D eigenvalue weighted by molar-refractivity contribution is 0.0375. The van der Waals surface area contributed by atoms with Gasteiger partial charge in [0.15, 0.2) is 0 Å². The van der Waals surface area contributed by atoms with Gasteiger partial charge in [-0.1, -0.05) is 19.8 Å². The van der Waals surface area contributed by atoms with Gasteiger partial charge in [-0.05, 0) is 58.8 Å². The van der Waals surface area contributed by atoms with Crippen LogP contribution in [0, 0.1) is 5.92 Å². The van der Waals surface area contributed by atoms with Crippen molar-refractivity contribution in [2.75, 3.05) is 6.54 Å². The quantitative estimate of drug-likeness (QED) is 0.833. The van der Waals surface area contributed by atoms with E-state index in [0.29, 0.717) is 6.04 Å². The predicted octanol–water partition coefficient (Wildman–Crippen LogP) is 3.60. The van der Waals surface area contributed by atoms with Crippen LogP contribution < -0.4 is 10.6 Å². The molecule has 2 aliphatic carbocycles. The molecule has 122 valence electrons. The maximum atomic E-state index is 12.0. The van der Waals surface area contributed by atoms with Crippen molar-refractivity contribution in [3.63, 3.8) is 0 Å². The molecule has 2 unspecified atom stereocenters. The van der Waals surface area contributed by atoms with Crippen LogP contribution in [0.1, 0.15) is 72.6 Å². The minimum absolute atomic E-state index is 0.0803. The van der Waals surface area contributed by atoms with E-state index >= 15 is 0 Å². The first kappa shape index (κ1) is 16.6. The number of alkyl carbamates (subject to hydrolysis) is 1. The second kappa shape index (κ2) is 6.55. The van der Waals surface area contributed by atoms with Crippen molar-refractivity contribution in [1.82, 2.24) is 10.6 Å². The molecule has 21 heavy (non-hydrogen) atoms. The van der Waals surface area contributed by atoms with Crippen molar-refractivity contribution in [2.45, 2.75) is 89.8 Å². The second-order valence-electron chi connectivity index (χ2n) is 8.11. The highest BCUT2D eigenvalue weighted by Gasteiger charge is 2.39. The number of carbonyl (C=O) groups excluding carboxylic acids is 1. The van der Waals surface area contributed by atoms with Crippen LogP contribution in [0.5, 0.6) is 0 Å². The minimum atomic E-state index is -0.429. The summed E-state index contributed by atoms with van der Waals surface area (Å²) < 4.78 is 5.40. The highest BCUT2D eigenvalue weighted by Crippen LogP contribution is 2.32. The van der Waals surface area contributed by atoms with Gasteiger partial charge in [-0.2, -0.15) is 0 Å². The van der Waals surface area contributed by atoms with Gasteiger partial charge in [0.05, 0.1) is 5.54 Å². The lowest BCUT2D eigenvalue weighted by atomic mass is 9.76. The Morgan fingerprint density at radius 3 is 2.48 bits per heavy atom. The van der Waals surface area contributed by atoms with Crippen LogP contribution in [0.4, 0.5) is 4.79 Å². The molecular weight excluding hydrogens is 264 g/mol. The standard InChI is InChI=1S/C17H32N2O2/c1-13-7-5-8-14(11-13)18-12-17(9-6-10-17)19-15(20)21-16(2,3)4/h13-14,18H,5-12H2,1-4H3,(H,19,20). The molecule has 0 aromatic rings. The van der Waals surface area contributed by atoms with E-state index in [0.717, 1.165) is 25.3 Å². The van der Waals surface area contributed by atoms with E-state index in [9.17, 15) is 4.79 Å². The fourth-order valence-electron chi connectivity index (χ4n) is 3.43. The number of nitrogens with one attached hydrogen (secondary N) is 2. The summed E-state index contributed by atoms with van der Waals surface area (Å²) in [6.45, 7) is 8.93. The van der Waals surface area contributed by atoms with Crippen molar-refractivity contribution < 1.29 is 9.53 Å². The maximum Gasteiger partial charge on any atom is 0.408 e. The molecule has 0 bridgehead atoms.